The number of rotatable bonds is 2. The van der Waals surface area contributed by atoms with Crippen molar-refractivity contribution in [3.8, 4) is 22.6 Å². The second-order valence-corrected chi connectivity index (χ2v) is 5.88. The Morgan fingerprint density at radius 3 is 2.78 bits per heavy atom. The van der Waals surface area contributed by atoms with E-state index in [1.165, 1.54) is 5.57 Å². The largest absolute Gasteiger partial charge is 0.486 e. The molecule has 0 spiro atoms. The van der Waals surface area contributed by atoms with Crippen molar-refractivity contribution in [3.05, 3.63) is 47.8 Å². The summed E-state index contributed by atoms with van der Waals surface area (Å²) in [5, 5.41) is 0. The van der Waals surface area contributed by atoms with Gasteiger partial charge in [-0.3, -0.25) is 4.79 Å². The molecule has 1 aromatic heterocycles. The van der Waals surface area contributed by atoms with Crippen LogP contribution in [0.5, 0.6) is 11.5 Å². The highest BCUT2D eigenvalue weighted by atomic mass is 16.6. The van der Waals surface area contributed by atoms with Crippen LogP contribution in [-0.4, -0.2) is 42.1 Å². The van der Waals surface area contributed by atoms with E-state index in [4.69, 9.17) is 9.47 Å². The van der Waals surface area contributed by atoms with Crippen molar-refractivity contribution >= 4 is 5.91 Å². The highest BCUT2D eigenvalue weighted by molar-refractivity contribution is 6.01. The van der Waals surface area contributed by atoms with Crippen LogP contribution in [0.3, 0.4) is 0 Å². The van der Waals surface area contributed by atoms with Gasteiger partial charge in [-0.25, -0.2) is 0 Å². The zero-order valence-corrected chi connectivity index (χ0v) is 13.0. The van der Waals surface area contributed by atoms with E-state index >= 15 is 0 Å². The number of carbonyl (C=O) groups is 1. The number of benzene rings is 1. The number of nitrogens with one attached hydrogen (secondary N) is 1. The van der Waals surface area contributed by atoms with Crippen molar-refractivity contribution in [3.63, 3.8) is 0 Å². The molecule has 23 heavy (non-hydrogen) atoms. The highest BCUT2D eigenvalue weighted by Gasteiger charge is 2.23. The van der Waals surface area contributed by atoms with Gasteiger partial charge in [-0.05, 0) is 24.6 Å². The molecule has 1 amide bonds. The first-order valence-corrected chi connectivity index (χ1v) is 7.74. The fourth-order valence-corrected chi connectivity index (χ4v) is 3.01. The lowest BCUT2D eigenvalue weighted by atomic mass is 10.0. The fraction of sp³-hybridized carbons (Fsp3) is 0.278. The minimum Gasteiger partial charge on any atom is -0.486 e. The second kappa shape index (κ2) is 5.50. The molecule has 0 bridgehead atoms. The standard InChI is InChI=1S/C18H18N2O3/c1-12-4-5-20(11-12)18(21)15-10-19-9-14(15)13-2-3-16-17(8-13)23-7-6-22-16/h2-4,8-10,19H,5-7,11H2,1H3. The lowest BCUT2D eigenvalue weighted by Gasteiger charge is -2.19. The molecule has 1 aromatic carbocycles. The van der Waals surface area contributed by atoms with Gasteiger partial charge in [0.05, 0.1) is 5.56 Å². The van der Waals surface area contributed by atoms with E-state index in [1.807, 2.05) is 36.2 Å². The molecule has 2 aliphatic rings. The van der Waals surface area contributed by atoms with E-state index in [-0.39, 0.29) is 5.91 Å². The Morgan fingerprint density at radius 2 is 2.00 bits per heavy atom. The predicted octanol–water partition coefficient (Wildman–Crippen LogP) is 2.86. The zero-order chi connectivity index (χ0) is 15.8. The fourth-order valence-electron chi connectivity index (χ4n) is 3.01. The van der Waals surface area contributed by atoms with Gasteiger partial charge < -0.3 is 19.4 Å². The third-order valence-corrected chi connectivity index (χ3v) is 4.22. The Hall–Kier alpha value is -2.69. The summed E-state index contributed by atoms with van der Waals surface area (Å²) in [4.78, 5) is 17.7. The predicted molar refractivity (Wildman–Crippen MR) is 86.9 cm³/mol. The summed E-state index contributed by atoms with van der Waals surface area (Å²) in [5.41, 5.74) is 3.75. The molecule has 2 aromatic rings. The molecular formula is C18H18N2O3. The molecular weight excluding hydrogens is 292 g/mol. The van der Waals surface area contributed by atoms with Crippen LogP contribution in [0.2, 0.25) is 0 Å². The van der Waals surface area contributed by atoms with E-state index in [0.29, 0.717) is 31.9 Å². The Balaban J connectivity index is 1.66. The summed E-state index contributed by atoms with van der Waals surface area (Å²) in [6.45, 7) is 4.54. The number of carbonyl (C=O) groups excluding carboxylic acids is 1. The number of aromatic amines is 1. The van der Waals surface area contributed by atoms with E-state index < -0.39 is 0 Å². The van der Waals surface area contributed by atoms with Gasteiger partial charge in [0.15, 0.2) is 11.5 Å². The van der Waals surface area contributed by atoms with Crippen LogP contribution < -0.4 is 9.47 Å². The van der Waals surface area contributed by atoms with Crippen molar-refractivity contribution in [2.45, 2.75) is 6.92 Å². The van der Waals surface area contributed by atoms with Crippen LogP contribution in [-0.2, 0) is 0 Å². The molecule has 118 valence electrons. The van der Waals surface area contributed by atoms with Gasteiger partial charge in [-0.15, -0.1) is 0 Å². The molecule has 0 aliphatic carbocycles. The molecule has 4 rings (SSSR count). The number of hydrogen-bond donors (Lipinski definition) is 1. The van der Waals surface area contributed by atoms with Crippen LogP contribution in [0.25, 0.3) is 11.1 Å². The van der Waals surface area contributed by atoms with E-state index in [9.17, 15) is 4.79 Å². The van der Waals surface area contributed by atoms with Gasteiger partial charge in [0.25, 0.3) is 5.91 Å². The molecule has 5 nitrogen and oxygen atoms in total. The lowest BCUT2D eigenvalue weighted by Crippen LogP contribution is -2.28. The summed E-state index contributed by atoms with van der Waals surface area (Å²) in [6.07, 6.45) is 5.71. The van der Waals surface area contributed by atoms with Crippen LogP contribution >= 0.6 is 0 Å². The topological polar surface area (TPSA) is 54.6 Å². The maximum Gasteiger partial charge on any atom is 0.256 e. The normalized spacial score (nSPS) is 16.4. The van der Waals surface area contributed by atoms with Crippen LogP contribution in [0, 0.1) is 0 Å². The Bertz CT molecular complexity index is 791. The van der Waals surface area contributed by atoms with E-state index in [2.05, 4.69) is 11.1 Å². The summed E-state index contributed by atoms with van der Waals surface area (Å²) in [5.74, 6) is 1.53. The number of hydrogen-bond acceptors (Lipinski definition) is 3. The number of amides is 1. The maximum absolute atomic E-state index is 12.8. The van der Waals surface area contributed by atoms with Gasteiger partial charge in [0, 0.05) is 31.0 Å². The molecule has 0 fully saturated rings. The van der Waals surface area contributed by atoms with Gasteiger partial charge in [-0.1, -0.05) is 17.7 Å². The minimum atomic E-state index is 0.0456. The minimum absolute atomic E-state index is 0.0456. The molecule has 1 N–H and O–H groups in total. The van der Waals surface area contributed by atoms with Crippen molar-refractivity contribution in [2.24, 2.45) is 0 Å². The van der Waals surface area contributed by atoms with Crippen molar-refractivity contribution in [1.29, 1.82) is 0 Å². The molecule has 5 heteroatoms. The maximum atomic E-state index is 12.8. The average Bonchev–Trinajstić information content (AvgIpc) is 3.23. The second-order valence-electron chi connectivity index (χ2n) is 5.88. The highest BCUT2D eigenvalue weighted by Crippen LogP contribution is 2.35. The van der Waals surface area contributed by atoms with Gasteiger partial charge >= 0.3 is 0 Å². The Kier molecular flexibility index (Phi) is 3.33. The van der Waals surface area contributed by atoms with Gasteiger partial charge in [0.2, 0.25) is 0 Å². The quantitative estimate of drug-likeness (QED) is 0.868. The van der Waals surface area contributed by atoms with Crippen LogP contribution in [0.1, 0.15) is 17.3 Å². The van der Waals surface area contributed by atoms with E-state index in [0.717, 1.165) is 22.6 Å². The first kappa shape index (κ1) is 13.9. The average molecular weight is 310 g/mol. The van der Waals surface area contributed by atoms with Crippen molar-refractivity contribution < 1.29 is 14.3 Å². The van der Waals surface area contributed by atoms with Gasteiger partial charge in [-0.2, -0.15) is 0 Å². The summed E-state index contributed by atoms with van der Waals surface area (Å²) in [7, 11) is 0. The molecule has 0 saturated heterocycles. The molecule has 3 heterocycles. The van der Waals surface area contributed by atoms with Gasteiger partial charge in [0.1, 0.15) is 13.2 Å². The number of H-pyrrole nitrogens is 1. The molecule has 0 atom stereocenters. The molecule has 2 aliphatic heterocycles. The first-order chi connectivity index (χ1) is 11.2. The SMILES string of the molecule is CC1=CCN(C(=O)c2c[nH]cc2-c2ccc3c(c2)OCCO3)C1. The molecule has 0 radical (unpaired) electrons. The number of ether oxygens (including phenoxy) is 2. The number of aromatic nitrogens is 1. The Labute approximate surface area is 134 Å². The van der Waals surface area contributed by atoms with Crippen LogP contribution in [0.15, 0.2) is 42.2 Å². The third-order valence-electron chi connectivity index (χ3n) is 4.22. The first-order valence-electron chi connectivity index (χ1n) is 7.74. The molecule has 0 unspecified atom stereocenters. The van der Waals surface area contributed by atoms with E-state index in [1.54, 1.807) is 6.20 Å². The van der Waals surface area contributed by atoms with Crippen molar-refractivity contribution in [1.82, 2.24) is 9.88 Å². The smallest absolute Gasteiger partial charge is 0.256 e. The van der Waals surface area contributed by atoms with Crippen molar-refractivity contribution in [2.75, 3.05) is 26.3 Å². The number of nitrogens with zero attached hydrogens (tertiary/aromatic N) is 1. The lowest BCUT2D eigenvalue weighted by molar-refractivity contribution is 0.0799. The Morgan fingerprint density at radius 1 is 1.17 bits per heavy atom. The van der Waals surface area contributed by atoms with Crippen LogP contribution in [0.4, 0.5) is 0 Å². The molecule has 0 saturated carbocycles. The zero-order valence-electron chi connectivity index (χ0n) is 13.0. The summed E-state index contributed by atoms with van der Waals surface area (Å²) in [6, 6.07) is 5.79. The third kappa shape index (κ3) is 2.48. The summed E-state index contributed by atoms with van der Waals surface area (Å²) >= 11 is 0. The summed E-state index contributed by atoms with van der Waals surface area (Å²) < 4.78 is 11.2. The number of fused-ring (bicyclic) bond motifs is 1. The monoisotopic (exact) mass is 310 g/mol.